The van der Waals surface area contributed by atoms with E-state index in [-0.39, 0.29) is 18.2 Å². The number of benzene rings is 1. The highest BCUT2D eigenvalue weighted by molar-refractivity contribution is 5.21. The van der Waals surface area contributed by atoms with Crippen molar-refractivity contribution >= 4 is 0 Å². The molecule has 0 spiro atoms. The van der Waals surface area contributed by atoms with Gasteiger partial charge in [0.05, 0.1) is 6.04 Å². The molecule has 0 aliphatic rings. The topological polar surface area (TPSA) is 64.1 Å². The van der Waals surface area contributed by atoms with Crippen molar-refractivity contribution in [3.63, 3.8) is 0 Å². The molecule has 1 unspecified atom stereocenters. The highest BCUT2D eigenvalue weighted by atomic mass is 16.5. The lowest BCUT2D eigenvalue weighted by Gasteiger charge is -2.16. The van der Waals surface area contributed by atoms with E-state index in [1.807, 2.05) is 30.3 Å². The number of para-hydroxylation sites is 1. The van der Waals surface area contributed by atoms with Crippen LogP contribution in [-0.2, 0) is 0 Å². The van der Waals surface area contributed by atoms with Crippen molar-refractivity contribution in [3.05, 3.63) is 75.6 Å². The van der Waals surface area contributed by atoms with Crippen molar-refractivity contribution in [3.8, 4) is 5.75 Å². The Hall–Kier alpha value is -2.56. The molecule has 1 aromatic carbocycles. The first-order chi connectivity index (χ1) is 9.61. The van der Waals surface area contributed by atoms with Crippen LogP contribution in [0.5, 0.6) is 5.75 Å². The molecule has 0 amide bonds. The summed E-state index contributed by atoms with van der Waals surface area (Å²) in [6.07, 6.45) is 3.13. The number of aromatic amines is 1. The average Bonchev–Trinajstić information content (AvgIpc) is 2.46. The van der Waals surface area contributed by atoms with E-state index < -0.39 is 5.69 Å². The Balaban J connectivity index is 2.21. The molecule has 0 aliphatic carbocycles. The van der Waals surface area contributed by atoms with Gasteiger partial charge in [-0.15, -0.1) is 6.58 Å². The van der Waals surface area contributed by atoms with Gasteiger partial charge in [-0.25, -0.2) is 4.79 Å². The van der Waals surface area contributed by atoms with Crippen LogP contribution in [0.2, 0.25) is 0 Å². The lowest BCUT2D eigenvalue weighted by atomic mass is 10.3. The average molecular weight is 272 g/mol. The number of aryl methyl sites for hydroxylation is 1. The summed E-state index contributed by atoms with van der Waals surface area (Å²) in [4.78, 5) is 25.4. The monoisotopic (exact) mass is 272 g/mol. The van der Waals surface area contributed by atoms with Gasteiger partial charge in [-0.1, -0.05) is 24.3 Å². The Bertz CT molecular complexity index is 701. The van der Waals surface area contributed by atoms with Crippen molar-refractivity contribution in [1.29, 1.82) is 0 Å². The van der Waals surface area contributed by atoms with Gasteiger partial charge in [-0.3, -0.25) is 14.3 Å². The van der Waals surface area contributed by atoms with E-state index in [0.717, 1.165) is 0 Å². The van der Waals surface area contributed by atoms with Crippen LogP contribution < -0.4 is 16.0 Å². The van der Waals surface area contributed by atoms with E-state index in [0.29, 0.717) is 11.3 Å². The Morgan fingerprint density at radius 2 is 2.05 bits per heavy atom. The van der Waals surface area contributed by atoms with E-state index >= 15 is 0 Å². The molecule has 1 aromatic heterocycles. The highest BCUT2D eigenvalue weighted by Gasteiger charge is 2.11. The molecule has 1 N–H and O–H groups in total. The van der Waals surface area contributed by atoms with Crippen LogP contribution >= 0.6 is 0 Å². The van der Waals surface area contributed by atoms with Crippen LogP contribution in [0.15, 0.2) is 58.8 Å². The van der Waals surface area contributed by atoms with Gasteiger partial charge in [0.2, 0.25) is 0 Å². The van der Waals surface area contributed by atoms with Crippen LogP contribution in [0, 0.1) is 6.92 Å². The van der Waals surface area contributed by atoms with Crippen LogP contribution in [0.3, 0.4) is 0 Å². The summed E-state index contributed by atoms with van der Waals surface area (Å²) in [5.41, 5.74) is -0.378. The Labute approximate surface area is 116 Å². The molecule has 2 rings (SSSR count). The number of hydrogen-bond acceptors (Lipinski definition) is 3. The summed E-state index contributed by atoms with van der Waals surface area (Å²) in [5, 5.41) is 0. The number of ether oxygens (including phenoxy) is 1. The molecule has 104 valence electrons. The van der Waals surface area contributed by atoms with E-state index in [1.165, 1.54) is 10.8 Å². The number of aromatic nitrogens is 2. The molecule has 2 aromatic rings. The van der Waals surface area contributed by atoms with E-state index in [4.69, 9.17) is 4.74 Å². The van der Waals surface area contributed by atoms with Gasteiger partial charge in [0.25, 0.3) is 5.56 Å². The number of H-pyrrole nitrogens is 1. The van der Waals surface area contributed by atoms with Crippen molar-refractivity contribution in [2.75, 3.05) is 6.61 Å². The normalized spacial score (nSPS) is 11.8. The van der Waals surface area contributed by atoms with Gasteiger partial charge in [-0.2, -0.15) is 0 Å². The van der Waals surface area contributed by atoms with Gasteiger partial charge < -0.3 is 4.74 Å². The number of nitrogens with one attached hydrogen (secondary N) is 1. The minimum absolute atomic E-state index is 0.263. The zero-order chi connectivity index (χ0) is 14.5. The Kier molecular flexibility index (Phi) is 4.20. The minimum atomic E-state index is -0.470. The number of hydrogen-bond donors (Lipinski definition) is 1. The summed E-state index contributed by atoms with van der Waals surface area (Å²) in [6.45, 7) is 5.62. The molecule has 0 radical (unpaired) electrons. The van der Waals surface area contributed by atoms with Gasteiger partial charge in [0.15, 0.2) is 0 Å². The lowest BCUT2D eigenvalue weighted by Crippen LogP contribution is -2.34. The summed E-state index contributed by atoms with van der Waals surface area (Å²) >= 11 is 0. The summed E-state index contributed by atoms with van der Waals surface area (Å²) in [7, 11) is 0. The molecular weight excluding hydrogens is 256 g/mol. The standard InChI is InChI=1S/C15H16N2O3/c1-3-12(10-20-13-7-5-4-6-8-13)17-9-11(2)14(18)16-15(17)19/h3-9,12H,1,10H2,2H3,(H,16,18,19). The minimum Gasteiger partial charge on any atom is -0.491 e. The predicted molar refractivity (Wildman–Crippen MR) is 77.2 cm³/mol. The molecule has 1 heterocycles. The largest absolute Gasteiger partial charge is 0.491 e. The van der Waals surface area contributed by atoms with Gasteiger partial charge in [0.1, 0.15) is 12.4 Å². The van der Waals surface area contributed by atoms with Gasteiger partial charge in [-0.05, 0) is 19.1 Å². The lowest BCUT2D eigenvalue weighted by molar-refractivity contribution is 0.271. The third-order valence-electron chi connectivity index (χ3n) is 2.94. The van der Waals surface area contributed by atoms with Crippen molar-refractivity contribution < 1.29 is 4.74 Å². The molecule has 0 saturated heterocycles. The molecule has 5 heteroatoms. The third-order valence-corrected chi connectivity index (χ3v) is 2.94. The van der Waals surface area contributed by atoms with Crippen molar-refractivity contribution in [2.45, 2.75) is 13.0 Å². The first kappa shape index (κ1) is 13.9. The molecule has 0 fully saturated rings. The molecular formula is C15H16N2O3. The second-order valence-corrected chi connectivity index (χ2v) is 4.41. The summed E-state index contributed by atoms with van der Waals surface area (Å²) < 4.78 is 7.02. The van der Waals surface area contributed by atoms with Crippen LogP contribution in [-0.4, -0.2) is 16.2 Å². The first-order valence-corrected chi connectivity index (χ1v) is 6.24. The highest BCUT2D eigenvalue weighted by Crippen LogP contribution is 2.12. The first-order valence-electron chi connectivity index (χ1n) is 6.24. The van der Waals surface area contributed by atoms with Crippen molar-refractivity contribution in [2.24, 2.45) is 0 Å². The zero-order valence-corrected chi connectivity index (χ0v) is 11.2. The number of rotatable bonds is 5. The van der Waals surface area contributed by atoms with Crippen molar-refractivity contribution in [1.82, 2.24) is 9.55 Å². The molecule has 0 saturated carbocycles. The summed E-state index contributed by atoms with van der Waals surface area (Å²) in [6, 6.07) is 8.96. The van der Waals surface area contributed by atoms with E-state index in [1.54, 1.807) is 13.0 Å². The SMILES string of the molecule is C=CC(COc1ccccc1)n1cc(C)c(=O)[nH]c1=O. The maximum absolute atomic E-state index is 11.8. The molecule has 0 bridgehead atoms. The fourth-order valence-electron chi connectivity index (χ4n) is 1.79. The fraction of sp³-hybridized carbons (Fsp3) is 0.200. The number of nitrogens with zero attached hydrogens (tertiary/aromatic N) is 1. The Morgan fingerprint density at radius 1 is 1.35 bits per heavy atom. The van der Waals surface area contributed by atoms with E-state index in [2.05, 4.69) is 11.6 Å². The van der Waals surface area contributed by atoms with E-state index in [9.17, 15) is 9.59 Å². The van der Waals surface area contributed by atoms with Crippen LogP contribution in [0.1, 0.15) is 11.6 Å². The maximum atomic E-state index is 11.8. The van der Waals surface area contributed by atoms with Gasteiger partial charge in [0, 0.05) is 11.8 Å². The van der Waals surface area contributed by atoms with Crippen LogP contribution in [0.4, 0.5) is 0 Å². The quantitative estimate of drug-likeness (QED) is 0.842. The fourth-order valence-corrected chi connectivity index (χ4v) is 1.79. The van der Waals surface area contributed by atoms with Gasteiger partial charge >= 0.3 is 5.69 Å². The second kappa shape index (κ2) is 6.06. The second-order valence-electron chi connectivity index (χ2n) is 4.41. The molecule has 20 heavy (non-hydrogen) atoms. The molecule has 5 nitrogen and oxygen atoms in total. The third kappa shape index (κ3) is 3.06. The summed E-state index contributed by atoms with van der Waals surface area (Å²) in [5.74, 6) is 0.716. The van der Waals surface area contributed by atoms with Crippen LogP contribution in [0.25, 0.3) is 0 Å². The Morgan fingerprint density at radius 3 is 2.70 bits per heavy atom. The molecule has 1 atom stereocenters. The maximum Gasteiger partial charge on any atom is 0.329 e. The zero-order valence-electron chi connectivity index (χ0n) is 11.2. The smallest absolute Gasteiger partial charge is 0.329 e. The molecule has 0 aliphatic heterocycles. The predicted octanol–water partition coefficient (Wildman–Crippen LogP) is 1.65.